The Kier molecular flexibility index (Phi) is 7.18. The van der Waals surface area contributed by atoms with Crippen molar-refractivity contribution in [1.29, 1.82) is 0 Å². The second-order valence-corrected chi connectivity index (χ2v) is 8.16. The van der Waals surface area contributed by atoms with Gasteiger partial charge in [0.15, 0.2) is 0 Å². The van der Waals surface area contributed by atoms with Crippen LogP contribution in [0.2, 0.25) is 5.02 Å². The fourth-order valence-electron chi connectivity index (χ4n) is 4.12. The molecule has 1 heterocycles. The SMILES string of the molecule is O=C(NC1CCCCCCC1)C1CCN(Cc2ccc(Cl)cc2)CC1. The molecule has 1 saturated heterocycles. The minimum atomic E-state index is 0.201. The Balaban J connectivity index is 1.41. The number of rotatable bonds is 4. The molecule has 1 aromatic rings. The number of benzene rings is 1. The molecule has 0 unspecified atom stereocenters. The highest BCUT2D eigenvalue weighted by Gasteiger charge is 2.26. The van der Waals surface area contributed by atoms with Crippen LogP contribution in [0.1, 0.15) is 63.4 Å². The molecule has 1 aliphatic heterocycles. The highest BCUT2D eigenvalue weighted by molar-refractivity contribution is 6.30. The number of amides is 1. The summed E-state index contributed by atoms with van der Waals surface area (Å²) in [5.74, 6) is 0.503. The van der Waals surface area contributed by atoms with Gasteiger partial charge in [-0.05, 0) is 56.5 Å². The number of nitrogens with one attached hydrogen (secondary N) is 1. The normalized spacial score (nSPS) is 21.5. The van der Waals surface area contributed by atoms with E-state index in [4.69, 9.17) is 11.6 Å². The lowest BCUT2D eigenvalue weighted by Crippen LogP contribution is -2.43. The first-order valence-electron chi connectivity index (χ1n) is 9.98. The van der Waals surface area contributed by atoms with Gasteiger partial charge in [-0.2, -0.15) is 0 Å². The van der Waals surface area contributed by atoms with Crippen LogP contribution < -0.4 is 5.32 Å². The summed E-state index contributed by atoms with van der Waals surface area (Å²) in [5, 5.41) is 4.14. The Labute approximate surface area is 157 Å². The largest absolute Gasteiger partial charge is 0.353 e. The first-order valence-corrected chi connectivity index (χ1v) is 10.4. The summed E-state index contributed by atoms with van der Waals surface area (Å²) in [6.45, 7) is 2.96. The van der Waals surface area contributed by atoms with Crippen LogP contribution in [0, 0.1) is 5.92 Å². The predicted octanol–water partition coefficient (Wildman–Crippen LogP) is 4.78. The topological polar surface area (TPSA) is 32.3 Å². The van der Waals surface area contributed by atoms with Crippen molar-refractivity contribution in [3.05, 3.63) is 34.9 Å². The number of halogens is 1. The molecule has 1 saturated carbocycles. The van der Waals surface area contributed by atoms with Crippen molar-refractivity contribution in [1.82, 2.24) is 10.2 Å². The van der Waals surface area contributed by atoms with Crippen molar-refractivity contribution in [3.8, 4) is 0 Å². The first-order chi connectivity index (χ1) is 12.2. The molecule has 0 radical (unpaired) electrons. The lowest BCUT2D eigenvalue weighted by atomic mass is 9.93. The maximum atomic E-state index is 12.6. The van der Waals surface area contributed by atoms with Gasteiger partial charge in [0.2, 0.25) is 5.91 Å². The third-order valence-electron chi connectivity index (χ3n) is 5.73. The number of nitrogens with zero attached hydrogens (tertiary/aromatic N) is 1. The van der Waals surface area contributed by atoms with Gasteiger partial charge in [0, 0.05) is 23.5 Å². The molecule has 0 atom stereocenters. The number of carbonyl (C=O) groups excluding carboxylic acids is 1. The monoisotopic (exact) mass is 362 g/mol. The molecule has 2 aliphatic rings. The van der Waals surface area contributed by atoms with E-state index in [1.54, 1.807) is 0 Å². The van der Waals surface area contributed by atoms with Crippen LogP contribution in [0.5, 0.6) is 0 Å². The second kappa shape index (κ2) is 9.59. The van der Waals surface area contributed by atoms with Crippen molar-refractivity contribution < 1.29 is 4.79 Å². The first kappa shape index (κ1) is 18.7. The van der Waals surface area contributed by atoms with Crippen LogP contribution in [0.4, 0.5) is 0 Å². The summed E-state index contributed by atoms with van der Waals surface area (Å²) in [6.07, 6.45) is 10.9. The fourth-order valence-corrected chi connectivity index (χ4v) is 4.25. The Morgan fingerprint density at radius 3 is 2.20 bits per heavy atom. The highest BCUT2D eigenvalue weighted by Crippen LogP contribution is 2.22. The van der Waals surface area contributed by atoms with Crippen LogP contribution in [0.15, 0.2) is 24.3 Å². The zero-order chi connectivity index (χ0) is 17.5. The van der Waals surface area contributed by atoms with E-state index in [9.17, 15) is 4.79 Å². The number of piperidine rings is 1. The molecule has 0 spiro atoms. The molecule has 1 aromatic carbocycles. The molecule has 138 valence electrons. The summed E-state index contributed by atoms with van der Waals surface area (Å²) in [7, 11) is 0. The molecule has 2 fully saturated rings. The maximum Gasteiger partial charge on any atom is 0.223 e. The van der Waals surface area contributed by atoms with E-state index in [2.05, 4.69) is 22.3 Å². The molecule has 0 aromatic heterocycles. The van der Waals surface area contributed by atoms with Crippen LogP contribution in [-0.4, -0.2) is 29.9 Å². The minimum Gasteiger partial charge on any atom is -0.353 e. The van der Waals surface area contributed by atoms with Crippen LogP contribution in [-0.2, 0) is 11.3 Å². The molecule has 1 amide bonds. The van der Waals surface area contributed by atoms with E-state index in [1.807, 2.05) is 12.1 Å². The molecule has 3 rings (SSSR count). The van der Waals surface area contributed by atoms with Gasteiger partial charge in [0.05, 0.1) is 0 Å². The van der Waals surface area contributed by atoms with E-state index in [1.165, 1.54) is 50.5 Å². The van der Waals surface area contributed by atoms with Crippen molar-refractivity contribution >= 4 is 17.5 Å². The smallest absolute Gasteiger partial charge is 0.223 e. The third kappa shape index (κ3) is 6.00. The van der Waals surface area contributed by atoms with Crippen molar-refractivity contribution in [2.45, 2.75) is 70.4 Å². The van der Waals surface area contributed by atoms with Gasteiger partial charge in [-0.3, -0.25) is 9.69 Å². The van der Waals surface area contributed by atoms with E-state index in [0.29, 0.717) is 11.9 Å². The molecule has 4 heteroatoms. The summed E-state index contributed by atoms with van der Waals surface area (Å²) < 4.78 is 0. The van der Waals surface area contributed by atoms with Crippen molar-refractivity contribution in [2.24, 2.45) is 5.92 Å². The Morgan fingerprint density at radius 2 is 1.56 bits per heavy atom. The molecular formula is C21H31ClN2O. The van der Waals surface area contributed by atoms with Crippen LogP contribution in [0.25, 0.3) is 0 Å². The summed E-state index contributed by atoms with van der Waals surface area (Å²) in [6, 6.07) is 8.50. The lowest BCUT2D eigenvalue weighted by molar-refractivity contribution is -0.127. The van der Waals surface area contributed by atoms with Crippen LogP contribution in [0.3, 0.4) is 0 Å². The van der Waals surface area contributed by atoms with Gasteiger partial charge in [-0.25, -0.2) is 0 Å². The number of likely N-dealkylation sites (tertiary alicyclic amines) is 1. The summed E-state index contributed by atoms with van der Waals surface area (Å²) >= 11 is 5.95. The van der Waals surface area contributed by atoms with Gasteiger partial charge < -0.3 is 5.32 Å². The van der Waals surface area contributed by atoms with Crippen molar-refractivity contribution in [3.63, 3.8) is 0 Å². The van der Waals surface area contributed by atoms with Gasteiger partial charge in [0.1, 0.15) is 0 Å². The van der Waals surface area contributed by atoms with E-state index < -0.39 is 0 Å². The zero-order valence-corrected chi connectivity index (χ0v) is 15.9. The lowest BCUT2D eigenvalue weighted by Gasteiger charge is -2.32. The maximum absolute atomic E-state index is 12.6. The van der Waals surface area contributed by atoms with E-state index in [-0.39, 0.29) is 5.92 Å². The summed E-state index contributed by atoms with van der Waals surface area (Å²) in [5.41, 5.74) is 1.29. The fraction of sp³-hybridized carbons (Fsp3) is 0.667. The van der Waals surface area contributed by atoms with Gasteiger partial charge in [-0.15, -0.1) is 0 Å². The second-order valence-electron chi connectivity index (χ2n) is 7.73. The van der Waals surface area contributed by atoms with Crippen LogP contribution >= 0.6 is 11.6 Å². The number of hydrogen-bond donors (Lipinski definition) is 1. The standard InChI is InChI=1S/C21H31ClN2O/c22-19-10-8-17(9-11-19)16-24-14-12-18(13-15-24)21(25)23-20-6-4-2-1-3-5-7-20/h8-11,18,20H,1-7,12-16H2,(H,23,25). The molecule has 0 bridgehead atoms. The Bertz CT molecular complexity index is 529. The van der Waals surface area contributed by atoms with E-state index in [0.717, 1.165) is 37.5 Å². The molecule has 3 nitrogen and oxygen atoms in total. The quantitative estimate of drug-likeness (QED) is 0.835. The van der Waals surface area contributed by atoms with Crippen molar-refractivity contribution in [2.75, 3.05) is 13.1 Å². The highest BCUT2D eigenvalue weighted by atomic mass is 35.5. The molecule has 1 aliphatic carbocycles. The van der Waals surface area contributed by atoms with Gasteiger partial charge in [-0.1, -0.05) is 55.8 Å². The van der Waals surface area contributed by atoms with E-state index >= 15 is 0 Å². The minimum absolute atomic E-state index is 0.201. The summed E-state index contributed by atoms with van der Waals surface area (Å²) in [4.78, 5) is 15.1. The zero-order valence-electron chi connectivity index (χ0n) is 15.2. The Hall–Kier alpha value is -1.06. The Morgan fingerprint density at radius 1 is 0.960 bits per heavy atom. The molecular weight excluding hydrogens is 332 g/mol. The molecule has 1 N–H and O–H groups in total. The average molecular weight is 363 g/mol. The van der Waals surface area contributed by atoms with Gasteiger partial charge in [0.25, 0.3) is 0 Å². The number of hydrogen-bond acceptors (Lipinski definition) is 2. The predicted molar refractivity (Wildman–Crippen MR) is 104 cm³/mol. The van der Waals surface area contributed by atoms with Gasteiger partial charge >= 0.3 is 0 Å². The third-order valence-corrected chi connectivity index (χ3v) is 5.98. The number of carbonyl (C=O) groups is 1. The molecule has 25 heavy (non-hydrogen) atoms. The average Bonchev–Trinajstić information content (AvgIpc) is 2.60.